The number of pyridine rings is 2. The van der Waals surface area contributed by atoms with Crippen molar-refractivity contribution in [2.45, 2.75) is 13.1 Å². The van der Waals surface area contributed by atoms with Crippen molar-refractivity contribution in [3.63, 3.8) is 0 Å². The van der Waals surface area contributed by atoms with Crippen LogP contribution in [-0.4, -0.2) is 9.97 Å². The molecule has 0 saturated heterocycles. The van der Waals surface area contributed by atoms with Crippen LogP contribution in [0.15, 0.2) is 85.2 Å². The minimum atomic E-state index is 0.501. The zero-order valence-corrected chi connectivity index (χ0v) is 16.4. The molecule has 4 rings (SSSR count). The standard InChI is InChI=1S/C24H22N4O2/c25-15-17-1-5-19(6-2-17)29-21-9-11-27-23(13-21)24-14-22(10-12-28-24)30-20-7-3-18(16-26)4-8-20/h1-14H,15-16,25-26H2. The average Bonchev–Trinajstić information content (AvgIpc) is 2.80. The molecule has 0 radical (unpaired) electrons. The summed E-state index contributed by atoms with van der Waals surface area (Å²) in [5.74, 6) is 2.81. The number of ether oxygens (including phenoxy) is 2. The third-order valence-electron chi connectivity index (χ3n) is 4.51. The summed E-state index contributed by atoms with van der Waals surface area (Å²) in [5, 5.41) is 0. The number of aromatic nitrogens is 2. The fourth-order valence-electron chi connectivity index (χ4n) is 2.89. The van der Waals surface area contributed by atoms with Crippen molar-refractivity contribution in [3.8, 4) is 34.4 Å². The van der Waals surface area contributed by atoms with Gasteiger partial charge in [0.05, 0.1) is 11.4 Å². The molecule has 30 heavy (non-hydrogen) atoms. The maximum Gasteiger partial charge on any atom is 0.131 e. The summed E-state index contributed by atoms with van der Waals surface area (Å²) in [4.78, 5) is 8.84. The van der Waals surface area contributed by atoms with Crippen molar-refractivity contribution < 1.29 is 9.47 Å². The zero-order chi connectivity index (χ0) is 20.8. The first-order valence-electron chi connectivity index (χ1n) is 9.60. The molecule has 2 aromatic heterocycles. The van der Waals surface area contributed by atoms with Gasteiger partial charge in [0.1, 0.15) is 23.0 Å². The highest BCUT2D eigenvalue weighted by Gasteiger charge is 2.07. The Labute approximate surface area is 175 Å². The number of benzene rings is 2. The minimum Gasteiger partial charge on any atom is -0.457 e. The van der Waals surface area contributed by atoms with Gasteiger partial charge >= 0.3 is 0 Å². The Morgan fingerprint density at radius 2 is 0.933 bits per heavy atom. The summed E-state index contributed by atoms with van der Waals surface area (Å²) in [6, 6.07) is 22.7. The van der Waals surface area contributed by atoms with E-state index >= 15 is 0 Å². The number of hydrogen-bond donors (Lipinski definition) is 2. The van der Waals surface area contributed by atoms with Crippen LogP contribution in [0.2, 0.25) is 0 Å². The molecule has 0 amide bonds. The summed E-state index contributed by atoms with van der Waals surface area (Å²) in [6.07, 6.45) is 3.39. The van der Waals surface area contributed by atoms with Crippen LogP contribution >= 0.6 is 0 Å². The van der Waals surface area contributed by atoms with Crippen LogP contribution < -0.4 is 20.9 Å². The third kappa shape index (κ3) is 4.81. The topological polar surface area (TPSA) is 96.3 Å². The van der Waals surface area contributed by atoms with Crippen molar-refractivity contribution >= 4 is 0 Å². The van der Waals surface area contributed by atoms with Crippen LogP contribution in [0.1, 0.15) is 11.1 Å². The highest BCUT2D eigenvalue weighted by molar-refractivity contribution is 5.58. The molecule has 0 spiro atoms. The van der Waals surface area contributed by atoms with E-state index in [9.17, 15) is 0 Å². The fraction of sp³-hybridized carbons (Fsp3) is 0.0833. The van der Waals surface area contributed by atoms with Crippen LogP contribution in [0, 0.1) is 0 Å². The molecule has 2 aromatic carbocycles. The van der Waals surface area contributed by atoms with Gasteiger partial charge in [-0.3, -0.25) is 9.97 Å². The van der Waals surface area contributed by atoms with Gasteiger partial charge in [-0.15, -0.1) is 0 Å². The van der Waals surface area contributed by atoms with Crippen LogP contribution in [0.5, 0.6) is 23.0 Å². The van der Waals surface area contributed by atoms with Gasteiger partial charge in [-0.2, -0.15) is 0 Å². The SMILES string of the molecule is NCc1ccc(Oc2ccnc(-c3cc(Oc4ccc(CN)cc4)ccn3)c2)cc1. The maximum absolute atomic E-state index is 5.94. The number of hydrogen-bond acceptors (Lipinski definition) is 6. The van der Waals surface area contributed by atoms with Gasteiger partial charge in [-0.1, -0.05) is 24.3 Å². The lowest BCUT2D eigenvalue weighted by Gasteiger charge is -2.09. The van der Waals surface area contributed by atoms with E-state index in [0.717, 1.165) is 22.6 Å². The highest BCUT2D eigenvalue weighted by Crippen LogP contribution is 2.28. The summed E-state index contributed by atoms with van der Waals surface area (Å²) < 4.78 is 11.9. The second-order valence-electron chi connectivity index (χ2n) is 6.65. The summed E-state index contributed by atoms with van der Waals surface area (Å²) in [5.41, 5.74) is 14.8. The Morgan fingerprint density at radius 3 is 1.30 bits per heavy atom. The van der Waals surface area contributed by atoms with Crippen LogP contribution in [-0.2, 0) is 13.1 Å². The molecule has 6 heteroatoms. The molecule has 2 heterocycles. The van der Waals surface area contributed by atoms with Gasteiger partial charge in [0, 0.05) is 37.6 Å². The fourth-order valence-corrected chi connectivity index (χ4v) is 2.89. The van der Waals surface area contributed by atoms with E-state index in [1.807, 2.05) is 60.7 Å². The van der Waals surface area contributed by atoms with Crippen LogP contribution in [0.4, 0.5) is 0 Å². The van der Waals surface area contributed by atoms with Gasteiger partial charge in [0.15, 0.2) is 0 Å². The molecule has 0 atom stereocenters. The van der Waals surface area contributed by atoms with Crippen LogP contribution in [0.3, 0.4) is 0 Å². The van der Waals surface area contributed by atoms with E-state index in [4.69, 9.17) is 20.9 Å². The molecule has 0 aliphatic rings. The number of nitrogens with zero attached hydrogens (tertiary/aromatic N) is 2. The lowest BCUT2D eigenvalue weighted by molar-refractivity contribution is 0.480. The number of rotatable bonds is 7. The Bertz CT molecular complexity index is 1020. The number of nitrogens with two attached hydrogens (primary N) is 2. The van der Waals surface area contributed by atoms with E-state index < -0.39 is 0 Å². The van der Waals surface area contributed by atoms with Gasteiger partial charge in [-0.25, -0.2) is 0 Å². The predicted molar refractivity (Wildman–Crippen MR) is 116 cm³/mol. The quantitative estimate of drug-likeness (QED) is 0.471. The molecule has 0 fully saturated rings. The van der Waals surface area contributed by atoms with Gasteiger partial charge < -0.3 is 20.9 Å². The molecule has 6 nitrogen and oxygen atoms in total. The largest absolute Gasteiger partial charge is 0.457 e. The normalized spacial score (nSPS) is 10.6. The van der Waals surface area contributed by atoms with E-state index in [0.29, 0.717) is 36.0 Å². The van der Waals surface area contributed by atoms with Crippen molar-refractivity contribution in [3.05, 3.63) is 96.3 Å². The first-order chi connectivity index (χ1) is 14.7. The molecule has 0 aliphatic heterocycles. The average molecular weight is 398 g/mol. The van der Waals surface area contributed by atoms with Crippen molar-refractivity contribution in [1.82, 2.24) is 9.97 Å². The maximum atomic E-state index is 5.94. The molecule has 0 saturated carbocycles. The van der Waals surface area contributed by atoms with E-state index in [1.54, 1.807) is 24.5 Å². The molecule has 0 aliphatic carbocycles. The van der Waals surface area contributed by atoms with E-state index in [1.165, 1.54) is 0 Å². The Kier molecular flexibility index (Phi) is 5.98. The van der Waals surface area contributed by atoms with E-state index in [-0.39, 0.29) is 0 Å². The molecule has 0 bridgehead atoms. The Balaban J connectivity index is 1.52. The second kappa shape index (κ2) is 9.17. The summed E-state index contributed by atoms with van der Waals surface area (Å²) in [6.45, 7) is 1.00. The Hall–Kier alpha value is -3.74. The van der Waals surface area contributed by atoms with Gasteiger partial charge in [0.25, 0.3) is 0 Å². The Morgan fingerprint density at radius 1 is 0.533 bits per heavy atom. The summed E-state index contributed by atoms with van der Waals surface area (Å²) >= 11 is 0. The third-order valence-corrected chi connectivity index (χ3v) is 4.51. The van der Waals surface area contributed by atoms with Gasteiger partial charge in [0.2, 0.25) is 0 Å². The van der Waals surface area contributed by atoms with Crippen molar-refractivity contribution in [2.75, 3.05) is 0 Å². The van der Waals surface area contributed by atoms with E-state index in [2.05, 4.69) is 9.97 Å². The predicted octanol–water partition coefficient (Wildman–Crippen LogP) is 4.65. The lowest BCUT2D eigenvalue weighted by Crippen LogP contribution is -1.96. The smallest absolute Gasteiger partial charge is 0.131 e. The zero-order valence-electron chi connectivity index (χ0n) is 16.4. The van der Waals surface area contributed by atoms with Crippen molar-refractivity contribution in [2.24, 2.45) is 11.5 Å². The molecule has 4 N–H and O–H groups in total. The first kappa shape index (κ1) is 19.6. The summed E-state index contributed by atoms with van der Waals surface area (Å²) in [7, 11) is 0. The molecule has 4 aromatic rings. The second-order valence-corrected chi connectivity index (χ2v) is 6.65. The van der Waals surface area contributed by atoms with Gasteiger partial charge in [-0.05, 0) is 47.5 Å². The first-order valence-corrected chi connectivity index (χ1v) is 9.60. The minimum absolute atomic E-state index is 0.501. The highest BCUT2D eigenvalue weighted by atomic mass is 16.5. The van der Waals surface area contributed by atoms with Crippen molar-refractivity contribution in [1.29, 1.82) is 0 Å². The molecular weight excluding hydrogens is 376 g/mol. The lowest BCUT2D eigenvalue weighted by atomic mass is 10.2. The van der Waals surface area contributed by atoms with Crippen LogP contribution in [0.25, 0.3) is 11.4 Å². The molecular formula is C24H22N4O2. The monoisotopic (exact) mass is 398 g/mol. The molecule has 150 valence electrons. The molecule has 0 unspecified atom stereocenters.